The second-order valence-corrected chi connectivity index (χ2v) is 8.22. The minimum absolute atomic E-state index is 0.102. The Morgan fingerprint density at radius 2 is 2.19 bits per heavy atom. The second kappa shape index (κ2) is 11.1. The molecule has 0 spiro atoms. The number of aromatic nitrogens is 2. The molecule has 0 bridgehead atoms. The quantitative estimate of drug-likeness (QED) is 0.415. The van der Waals surface area contributed by atoms with Gasteiger partial charge in [0.1, 0.15) is 0 Å². The zero-order valence-corrected chi connectivity index (χ0v) is 18.9. The van der Waals surface area contributed by atoms with Gasteiger partial charge in [0.2, 0.25) is 11.8 Å². The molecular formula is C21H29N5O4S. The first-order chi connectivity index (χ1) is 15.0. The lowest BCUT2D eigenvalue weighted by molar-refractivity contribution is -0.134. The molecule has 2 amide bonds. The van der Waals surface area contributed by atoms with Crippen molar-refractivity contribution in [3.8, 4) is 11.5 Å². The van der Waals surface area contributed by atoms with Crippen LogP contribution in [-0.4, -0.2) is 71.9 Å². The topological polar surface area (TPSA) is 97.7 Å². The Hall–Kier alpha value is -2.72. The van der Waals surface area contributed by atoms with Crippen LogP contribution in [0.2, 0.25) is 0 Å². The van der Waals surface area contributed by atoms with Crippen molar-refractivity contribution in [1.82, 2.24) is 25.1 Å². The molecule has 1 aliphatic rings. The van der Waals surface area contributed by atoms with Crippen molar-refractivity contribution < 1.29 is 19.1 Å². The van der Waals surface area contributed by atoms with Gasteiger partial charge in [-0.25, -0.2) is 4.98 Å². The van der Waals surface area contributed by atoms with Gasteiger partial charge in [-0.05, 0) is 6.07 Å². The number of para-hydroxylation sites is 1. The van der Waals surface area contributed by atoms with Crippen molar-refractivity contribution in [1.29, 1.82) is 0 Å². The highest BCUT2D eigenvalue weighted by Crippen LogP contribution is 2.32. The molecule has 2 heterocycles. The summed E-state index contributed by atoms with van der Waals surface area (Å²) in [5.41, 5.74) is 0.911. The Labute approximate surface area is 186 Å². The number of benzene rings is 1. The monoisotopic (exact) mass is 447 g/mol. The largest absolute Gasteiger partial charge is 0.493 e. The predicted octanol–water partition coefficient (Wildman–Crippen LogP) is 1.04. The van der Waals surface area contributed by atoms with Crippen LogP contribution < -0.4 is 20.1 Å². The van der Waals surface area contributed by atoms with Gasteiger partial charge in [0.05, 0.1) is 26.7 Å². The minimum Gasteiger partial charge on any atom is -0.493 e. The number of carbonyl (C=O) groups excluding carboxylic acids is 2. The van der Waals surface area contributed by atoms with Crippen molar-refractivity contribution in [3.05, 3.63) is 36.2 Å². The molecule has 31 heavy (non-hydrogen) atoms. The Kier molecular flexibility index (Phi) is 8.19. The van der Waals surface area contributed by atoms with Gasteiger partial charge < -0.3 is 24.7 Å². The summed E-state index contributed by atoms with van der Waals surface area (Å²) in [6, 6.07) is 5.13. The van der Waals surface area contributed by atoms with Crippen molar-refractivity contribution in [3.63, 3.8) is 0 Å². The Morgan fingerprint density at radius 3 is 2.90 bits per heavy atom. The molecule has 0 aliphatic carbocycles. The van der Waals surface area contributed by atoms with E-state index in [0.717, 1.165) is 10.7 Å². The van der Waals surface area contributed by atoms with Gasteiger partial charge in [0, 0.05) is 56.9 Å². The van der Waals surface area contributed by atoms with Crippen molar-refractivity contribution in [2.24, 2.45) is 7.05 Å². The summed E-state index contributed by atoms with van der Waals surface area (Å²) >= 11 is 1.57. The number of carbonyl (C=O) groups is 2. The molecule has 1 aromatic heterocycles. The molecule has 0 radical (unpaired) electrons. The summed E-state index contributed by atoms with van der Waals surface area (Å²) in [6.07, 6.45) is 3.73. The van der Waals surface area contributed by atoms with Crippen molar-refractivity contribution in [2.75, 3.05) is 39.6 Å². The molecule has 3 rings (SSSR count). The van der Waals surface area contributed by atoms with Gasteiger partial charge in [0.25, 0.3) is 0 Å². The maximum Gasteiger partial charge on any atom is 0.237 e. The number of ether oxygens (including phenoxy) is 2. The Bertz CT molecular complexity index is 904. The number of nitrogens with zero attached hydrogens (tertiary/aromatic N) is 3. The molecule has 1 unspecified atom stereocenters. The fourth-order valence-electron chi connectivity index (χ4n) is 3.54. The number of thioether (sulfide) groups is 1. The van der Waals surface area contributed by atoms with Crippen molar-refractivity contribution >= 4 is 23.6 Å². The summed E-state index contributed by atoms with van der Waals surface area (Å²) in [4.78, 5) is 31.3. The average molecular weight is 448 g/mol. The summed E-state index contributed by atoms with van der Waals surface area (Å²) in [5.74, 6) is 1.71. The van der Waals surface area contributed by atoms with Crippen LogP contribution in [-0.2, 0) is 23.2 Å². The maximum atomic E-state index is 12.5. The van der Waals surface area contributed by atoms with Gasteiger partial charge in [0.15, 0.2) is 16.7 Å². The fourth-order valence-corrected chi connectivity index (χ4v) is 4.33. The number of nitrogens with one attached hydrogen (secondary N) is 2. The molecule has 1 saturated heterocycles. The highest BCUT2D eigenvalue weighted by molar-refractivity contribution is 7.99. The van der Waals surface area contributed by atoms with E-state index in [1.165, 1.54) is 0 Å². The zero-order chi connectivity index (χ0) is 22.2. The van der Waals surface area contributed by atoms with Gasteiger partial charge in [-0.3, -0.25) is 14.5 Å². The SMILES string of the molecule is COc1cccc(CN2CCNC(=O)C2CC(=O)NCCSc2nccn2C)c1OC. The summed E-state index contributed by atoms with van der Waals surface area (Å²) < 4.78 is 12.8. The summed E-state index contributed by atoms with van der Waals surface area (Å²) in [5, 5.41) is 6.68. The minimum atomic E-state index is -0.535. The van der Waals surface area contributed by atoms with Crippen LogP contribution in [0.15, 0.2) is 35.7 Å². The Balaban J connectivity index is 1.57. The summed E-state index contributed by atoms with van der Waals surface area (Å²) in [6.45, 7) is 2.19. The predicted molar refractivity (Wildman–Crippen MR) is 118 cm³/mol. The third kappa shape index (κ3) is 5.92. The van der Waals surface area contributed by atoms with Crippen LogP contribution in [0.1, 0.15) is 12.0 Å². The van der Waals surface area contributed by atoms with Crippen LogP contribution in [0.3, 0.4) is 0 Å². The molecule has 1 atom stereocenters. The lowest BCUT2D eigenvalue weighted by atomic mass is 10.1. The maximum absolute atomic E-state index is 12.5. The van der Waals surface area contributed by atoms with E-state index in [0.29, 0.717) is 43.4 Å². The first-order valence-electron chi connectivity index (χ1n) is 10.1. The molecule has 1 aliphatic heterocycles. The highest BCUT2D eigenvalue weighted by atomic mass is 32.2. The first kappa shape index (κ1) is 23.0. The molecule has 9 nitrogen and oxygen atoms in total. The second-order valence-electron chi connectivity index (χ2n) is 7.15. The zero-order valence-electron chi connectivity index (χ0n) is 18.1. The molecule has 1 aromatic carbocycles. The van der Waals surface area contributed by atoms with Crippen LogP contribution in [0.25, 0.3) is 0 Å². The van der Waals surface area contributed by atoms with Crippen LogP contribution >= 0.6 is 11.8 Å². The fraction of sp³-hybridized carbons (Fsp3) is 0.476. The smallest absolute Gasteiger partial charge is 0.237 e. The molecule has 0 saturated carbocycles. The normalized spacial score (nSPS) is 16.6. The highest BCUT2D eigenvalue weighted by Gasteiger charge is 2.32. The standard InChI is InChI=1S/C21H29N5O4S/c1-25-10-7-24-21(25)31-12-9-22-18(27)13-16-20(28)23-8-11-26(16)14-15-5-4-6-17(29-2)19(15)30-3/h4-7,10,16H,8-9,11-14H2,1-3H3,(H,22,27)(H,23,28). The van der Waals surface area contributed by atoms with Gasteiger partial charge in [-0.1, -0.05) is 23.9 Å². The molecule has 10 heteroatoms. The number of rotatable bonds is 10. The lowest BCUT2D eigenvalue weighted by Crippen LogP contribution is -2.56. The van der Waals surface area contributed by atoms with E-state index < -0.39 is 6.04 Å². The van der Waals surface area contributed by atoms with E-state index >= 15 is 0 Å². The van der Waals surface area contributed by atoms with Crippen LogP contribution in [0.4, 0.5) is 0 Å². The van der Waals surface area contributed by atoms with Crippen LogP contribution in [0.5, 0.6) is 11.5 Å². The third-order valence-electron chi connectivity index (χ3n) is 5.11. The Morgan fingerprint density at radius 1 is 1.35 bits per heavy atom. The molecule has 2 aromatic rings. The number of imidazole rings is 1. The van der Waals surface area contributed by atoms with Crippen LogP contribution in [0, 0.1) is 0 Å². The number of hydrogen-bond acceptors (Lipinski definition) is 7. The third-order valence-corrected chi connectivity index (χ3v) is 6.17. The van der Waals surface area contributed by atoms with Gasteiger partial charge in [-0.2, -0.15) is 0 Å². The van der Waals surface area contributed by atoms with Gasteiger partial charge in [-0.15, -0.1) is 0 Å². The number of aryl methyl sites for hydroxylation is 1. The van der Waals surface area contributed by atoms with E-state index in [2.05, 4.69) is 15.6 Å². The van der Waals surface area contributed by atoms with Gasteiger partial charge >= 0.3 is 0 Å². The molecule has 1 fully saturated rings. The molecule has 2 N–H and O–H groups in total. The number of hydrogen-bond donors (Lipinski definition) is 2. The number of piperazine rings is 1. The average Bonchev–Trinajstić information content (AvgIpc) is 3.18. The van der Waals surface area contributed by atoms with E-state index in [-0.39, 0.29) is 18.2 Å². The van der Waals surface area contributed by atoms with E-state index in [9.17, 15) is 9.59 Å². The van der Waals surface area contributed by atoms with E-state index in [1.807, 2.05) is 40.9 Å². The number of amides is 2. The summed E-state index contributed by atoms with van der Waals surface area (Å²) in [7, 11) is 5.12. The van der Waals surface area contributed by atoms with E-state index in [4.69, 9.17) is 9.47 Å². The lowest BCUT2D eigenvalue weighted by Gasteiger charge is -2.35. The molecular weight excluding hydrogens is 418 g/mol. The van der Waals surface area contributed by atoms with E-state index in [1.54, 1.807) is 32.2 Å². The van der Waals surface area contributed by atoms with Crippen molar-refractivity contribution in [2.45, 2.75) is 24.2 Å². The number of methoxy groups -OCH3 is 2. The molecule has 168 valence electrons. The first-order valence-corrected chi connectivity index (χ1v) is 11.1.